The Morgan fingerprint density at radius 2 is 1.85 bits per heavy atom. The van der Waals surface area contributed by atoms with Gasteiger partial charge in [-0.3, -0.25) is 4.79 Å². The van der Waals surface area contributed by atoms with E-state index in [9.17, 15) is 9.18 Å². The minimum absolute atomic E-state index is 0.316. The standard InChI is InChI=1S/C20H26FN5O/c1-15(20(22)27)26(18-6-4-17(21)5-7-18)14-16-3-8-19(23-13-16)25-11-9-24(2)10-12-25/h3-8,13,15H,9-12,14H2,1-2H3,(H2,22,27)/t15-/m0/s1. The molecule has 1 atom stereocenters. The minimum Gasteiger partial charge on any atom is -0.368 e. The minimum atomic E-state index is -0.521. The molecule has 1 fully saturated rings. The Bertz CT molecular complexity index is 757. The lowest BCUT2D eigenvalue weighted by atomic mass is 10.1. The van der Waals surface area contributed by atoms with Crippen LogP contribution in [0.25, 0.3) is 0 Å². The van der Waals surface area contributed by atoms with E-state index in [2.05, 4.69) is 21.8 Å². The maximum Gasteiger partial charge on any atom is 0.239 e. The van der Waals surface area contributed by atoms with Gasteiger partial charge in [0.05, 0.1) is 0 Å². The molecule has 144 valence electrons. The van der Waals surface area contributed by atoms with Gasteiger partial charge in [0.25, 0.3) is 0 Å². The van der Waals surface area contributed by atoms with Gasteiger partial charge in [-0.25, -0.2) is 9.37 Å². The molecule has 1 aliphatic rings. The zero-order valence-electron chi connectivity index (χ0n) is 15.8. The number of likely N-dealkylation sites (N-methyl/N-ethyl adjacent to an activating group) is 1. The highest BCUT2D eigenvalue weighted by atomic mass is 19.1. The number of primary amides is 1. The van der Waals surface area contributed by atoms with Crippen molar-refractivity contribution < 1.29 is 9.18 Å². The summed E-state index contributed by atoms with van der Waals surface area (Å²) in [6.07, 6.45) is 1.83. The quantitative estimate of drug-likeness (QED) is 0.840. The highest BCUT2D eigenvalue weighted by Gasteiger charge is 2.20. The first-order valence-electron chi connectivity index (χ1n) is 9.14. The molecular formula is C20H26FN5O. The normalized spacial score (nSPS) is 16.2. The molecule has 0 bridgehead atoms. The highest BCUT2D eigenvalue weighted by Crippen LogP contribution is 2.21. The second kappa shape index (κ2) is 8.35. The first-order chi connectivity index (χ1) is 12.9. The third-order valence-corrected chi connectivity index (χ3v) is 5.03. The Balaban J connectivity index is 1.75. The smallest absolute Gasteiger partial charge is 0.239 e. The van der Waals surface area contributed by atoms with E-state index in [-0.39, 0.29) is 5.82 Å². The third-order valence-electron chi connectivity index (χ3n) is 5.03. The number of aromatic nitrogens is 1. The number of halogens is 1. The lowest BCUT2D eigenvalue weighted by molar-refractivity contribution is -0.119. The van der Waals surface area contributed by atoms with Crippen molar-refractivity contribution >= 4 is 17.4 Å². The summed E-state index contributed by atoms with van der Waals surface area (Å²) in [5.74, 6) is 0.216. The molecule has 2 heterocycles. The van der Waals surface area contributed by atoms with Gasteiger partial charge in [-0.05, 0) is 49.9 Å². The van der Waals surface area contributed by atoms with Gasteiger partial charge in [0.1, 0.15) is 17.7 Å². The number of carbonyl (C=O) groups is 1. The SMILES string of the molecule is C[C@@H](C(N)=O)N(Cc1ccc(N2CCN(C)CC2)nc1)c1ccc(F)cc1. The molecule has 0 saturated carbocycles. The lowest BCUT2D eigenvalue weighted by Gasteiger charge is -2.33. The first-order valence-corrected chi connectivity index (χ1v) is 9.14. The number of piperazine rings is 1. The van der Waals surface area contributed by atoms with Crippen molar-refractivity contribution in [3.63, 3.8) is 0 Å². The van der Waals surface area contributed by atoms with Crippen LogP contribution in [-0.2, 0) is 11.3 Å². The van der Waals surface area contributed by atoms with Crippen LogP contribution in [0, 0.1) is 5.82 Å². The molecule has 0 radical (unpaired) electrons. The van der Waals surface area contributed by atoms with Crippen LogP contribution in [-0.4, -0.2) is 55.1 Å². The van der Waals surface area contributed by atoms with Crippen LogP contribution >= 0.6 is 0 Å². The molecule has 1 amide bonds. The predicted molar refractivity (Wildman–Crippen MR) is 105 cm³/mol. The summed E-state index contributed by atoms with van der Waals surface area (Å²) in [7, 11) is 2.12. The van der Waals surface area contributed by atoms with Crippen molar-refractivity contribution in [1.82, 2.24) is 9.88 Å². The molecule has 27 heavy (non-hydrogen) atoms. The van der Waals surface area contributed by atoms with E-state index in [1.807, 2.05) is 23.2 Å². The van der Waals surface area contributed by atoms with E-state index in [1.165, 1.54) is 12.1 Å². The maximum atomic E-state index is 13.3. The van der Waals surface area contributed by atoms with E-state index < -0.39 is 11.9 Å². The fourth-order valence-electron chi connectivity index (χ4n) is 3.17. The maximum absolute atomic E-state index is 13.3. The molecule has 3 rings (SSSR count). The summed E-state index contributed by atoms with van der Waals surface area (Å²) in [4.78, 5) is 22.8. The fourth-order valence-corrected chi connectivity index (χ4v) is 3.17. The molecule has 1 aliphatic heterocycles. The number of hydrogen-bond donors (Lipinski definition) is 1. The second-order valence-electron chi connectivity index (χ2n) is 7.00. The number of rotatable bonds is 6. The second-order valence-corrected chi connectivity index (χ2v) is 7.00. The van der Waals surface area contributed by atoms with Gasteiger partial charge in [-0.15, -0.1) is 0 Å². The van der Waals surface area contributed by atoms with E-state index >= 15 is 0 Å². The molecule has 6 nitrogen and oxygen atoms in total. The molecule has 2 aromatic rings. The number of hydrogen-bond acceptors (Lipinski definition) is 5. The average Bonchev–Trinajstić information content (AvgIpc) is 2.67. The molecular weight excluding hydrogens is 345 g/mol. The molecule has 0 aliphatic carbocycles. The Labute approximate surface area is 159 Å². The predicted octanol–water partition coefficient (Wildman–Crippen LogP) is 1.85. The van der Waals surface area contributed by atoms with Gasteiger partial charge in [0.15, 0.2) is 0 Å². The van der Waals surface area contributed by atoms with Crippen molar-refractivity contribution in [2.24, 2.45) is 5.73 Å². The molecule has 2 N–H and O–H groups in total. The summed E-state index contributed by atoms with van der Waals surface area (Å²) in [5.41, 5.74) is 7.21. The molecule has 1 aromatic heterocycles. The Morgan fingerprint density at radius 1 is 1.19 bits per heavy atom. The summed E-state index contributed by atoms with van der Waals surface area (Å²) in [5, 5.41) is 0. The van der Waals surface area contributed by atoms with E-state index in [0.29, 0.717) is 6.54 Å². The van der Waals surface area contributed by atoms with Crippen molar-refractivity contribution in [2.75, 3.05) is 43.0 Å². The van der Waals surface area contributed by atoms with E-state index in [0.717, 1.165) is 43.2 Å². The van der Waals surface area contributed by atoms with Crippen LogP contribution in [0.3, 0.4) is 0 Å². The molecule has 1 saturated heterocycles. The lowest BCUT2D eigenvalue weighted by Crippen LogP contribution is -2.44. The van der Waals surface area contributed by atoms with Gasteiger partial charge in [-0.2, -0.15) is 0 Å². The zero-order valence-corrected chi connectivity index (χ0v) is 15.8. The fraction of sp³-hybridized carbons (Fsp3) is 0.400. The number of pyridine rings is 1. The highest BCUT2D eigenvalue weighted by molar-refractivity contribution is 5.83. The Hall–Kier alpha value is -2.67. The van der Waals surface area contributed by atoms with E-state index in [1.54, 1.807) is 19.1 Å². The molecule has 7 heteroatoms. The van der Waals surface area contributed by atoms with Crippen molar-refractivity contribution in [3.8, 4) is 0 Å². The number of amides is 1. The van der Waals surface area contributed by atoms with Gasteiger partial charge in [0, 0.05) is 44.6 Å². The van der Waals surface area contributed by atoms with Crippen LogP contribution in [0.1, 0.15) is 12.5 Å². The van der Waals surface area contributed by atoms with Crippen LogP contribution in [0.5, 0.6) is 0 Å². The monoisotopic (exact) mass is 371 g/mol. The van der Waals surface area contributed by atoms with Crippen molar-refractivity contribution in [2.45, 2.75) is 19.5 Å². The zero-order chi connectivity index (χ0) is 19.4. The summed E-state index contributed by atoms with van der Waals surface area (Å²) < 4.78 is 13.3. The summed E-state index contributed by atoms with van der Waals surface area (Å²) >= 11 is 0. The molecule has 0 unspecified atom stereocenters. The number of nitrogens with two attached hydrogens (primary N) is 1. The summed E-state index contributed by atoms with van der Waals surface area (Å²) in [6, 6.07) is 9.58. The van der Waals surface area contributed by atoms with Gasteiger partial charge in [-0.1, -0.05) is 6.07 Å². The third kappa shape index (κ3) is 4.74. The summed E-state index contributed by atoms with van der Waals surface area (Å²) in [6.45, 7) is 6.19. The number of benzene rings is 1. The molecule has 1 aromatic carbocycles. The largest absolute Gasteiger partial charge is 0.368 e. The van der Waals surface area contributed by atoms with Crippen molar-refractivity contribution in [3.05, 3.63) is 54.0 Å². The number of anilines is 2. The Kier molecular flexibility index (Phi) is 5.91. The van der Waals surface area contributed by atoms with Crippen LogP contribution in [0.4, 0.5) is 15.9 Å². The van der Waals surface area contributed by atoms with Crippen LogP contribution in [0.15, 0.2) is 42.6 Å². The van der Waals surface area contributed by atoms with Gasteiger partial charge >= 0.3 is 0 Å². The number of nitrogens with zero attached hydrogens (tertiary/aromatic N) is 4. The number of carbonyl (C=O) groups excluding carboxylic acids is 1. The van der Waals surface area contributed by atoms with Crippen LogP contribution < -0.4 is 15.5 Å². The van der Waals surface area contributed by atoms with Gasteiger partial charge in [0.2, 0.25) is 5.91 Å². The van der Waals surface area contributed by atoms with Crippen molar-refractivity contribution in [1.29, 1.82) is 0 Å². The van der Waals surface area contributed by atoms with Gasteiger partial charge < -0.3 is 20.4 Å². The van der Waals surface area contributed by atoms with Crippen LogP contribution in [0.2, 0.25) is 0 Å². The van der Waals surface area contributed by atoms with E-state index in [4.69, 9.17) is 5.73 Å². The topological polar surface area (TPSA) is 65.7 Å². The average molecular weight is 371 g/mol. The Morgan fingerprint density at radius 3 is 2.41 bits per heavy atom. The molecule has 0 spiro atoms. The first kappa shape index (κ1) is 19.1.